The van der Waals surface area contributed by atoms with Crippen LogP contribution < -0.4 is 0 Å². The molecule has 3 fully saturated rings. The van der Waals surface area contributed by atoms with E-state index in [4.69, 9.17) is 4.74 Å². The van der Waals surface area contributed by atoms with Crippen molar-refractivity contribution in [3.63, 3.8) is 0 Å². The number of carbonyl (C=O) groups excluding carboxylic acids is 2. The smallest absolute Gasteiger partial charge is 0.410 e. The number of ether oxygens (including phenoxy) is 1. The number of hydrogen-bond acceptors (Lipinski definition) is 4. The molecule has 174 valence electrons. The van der Waals surface area contributed by atoms with Gasteiger partial charge in [0.1, 0.15) is 5.60 Å². The van der Waals surface area contributed by atoms with Gasteiger partial charge >= 0.3 is 6.09 Å². The Bertz CT molecular complexity index is 763. The summed E-state index contributed by atoms with van der Waals surface area (Å²) in [5.74, 6) is 0.840. The molecule has 31 heavy (non-hydrogen) atoms. The zero-order valence-electron chi connectivity index (χ0n) is 20.2. The standard InChI is InChI=1S/C25H40N2O3S/c1-23(2,3)30-22(29)26-9-7-17(8-10-26)20-11-18(14-31-20)21(28)27-16-25(6)13-19(27)12-24(4,5)15-25/h14,17,19-20H,7-13,15-16H2,1-6H3. The predicted molar refractivity (Wildman–Crippen MR) is 126 cm³/mol. The van der Waals surface area contributed by atoms with E-state index < -0.39 is 5.60 Å². The Morgan fingerprint density at radius 1 is 1.13 bits per heavy atom. The van der Waals surface area contributed by atoms with Crippen molar-refractivity contribution < 1.29 is 14.3 Å². The van der Waals surface area contributed by atoms with Gasteiger partial charge in [-0.1, -0.05) is 20.8 Å². The van der Waals surface area contributed by atoms with Crippen molar-refractivity contribution in [3.8, 4) is 0 Å². The van der Waals surface area contributed by atoms with Crippen LogP contribution in [0.3, 0.4) is 0 Å². The van der Waals surface area contributed by atoms with Crippen molar-refractivity contribution in [2.24, 2.45) is 16.7 Å². The van der Waals surface area contributed by atoms with Crippen molar-refractivity contribution >= 4 is 23.8 Å². The van der Waals surface area contributed by atoms with Crippen LogP contribution in [0, 0.1) is 16.7 Å². The van der Waals surface area contributed by atoms with Gasteiger partial charge in [0, 0.05) is 36.5 Å². The van der Waals surface area contributed by atoms with E-state index in [2.05, 4.69) is 31.1 Å². The average molecular weight is 449 g/mol. The van der Waals surface area contributed by atoms with E-state index in [1.165, 1.54) is 6.42 Å². The molecule has 5 nitrogen and oxygen atoms in total. The van der Waals surface area contributed by atoms with Crippen LogP contribution >= 0.6 is 11.8 Å². The molecule has 0 aromatic rings. The summed E-state index contributed by atoms with van der Waals surface area (Å²) in [6.45, 7) is 15.2. The van der Waals surface area contributed by atoms with Crippen LogP contribution in [0.15, 0.2) is 11.0 Å². The Morgan fingerprint density at radius 3 is 2.45 bits per heavy atom. The summed E-state index contributed by atoms with van der Waals surface area (Å²) in [7, 11) is 0. The first-order chi connectivity index (χ1) is 14.3. The molecule has 0 radical (unpaired) electrons. The van der Waals surface area contributed by atoms with Gasteiger partial charge in [0.25, 0.3) is 5.91 Å². The largest absolute Gasteiger partial charge is 0.444 e. The van der Waals surface area contributed by atoms with Crippen LogP contribution in [0.1, 0.15) is 80.1 Å². The monoisotopic (exact) mass is 448 g/mol. The summed E-state index contributed by atoms with van der Waals surface area (Å²) in [4.78, 5) is 29.8. The Balaban J connectivity index is 1.29. The van der Waals surface area contributed by atoms with Crippen molar-refractivity contribution in [2.75, 3.05) is 19.6 Å². The van der Waals surface area contributed by atoms with Crippen molar-refractivity contribution in [3.05, 3.63) is 11.0 Å². The minimum absolute atomic E-state index is 0.199. The molecule has 2 saturated heterocycles. The van der Waals surface area contributed by atoms with E-state index in [1.807, 2.05) is 37.4 Å². The number of rotatable bonds is 2. The van der Waals surface area contributed by atoms with Gasteiger partial charge in [0.15, 0.2) is 0 Å². The molecule has 0 aromatic carbocycles. The molecular weight excluding hydrogens is 408 g/mol. The van der Waals surface area contributed by atoms with E-state index >= 15 is 0 Å². The molecule has 2 amide bonds. The summed E-state index contributed by atoms with van der Waals surface area (Å²) in [5, 5.41) is 2.61. The van der Waals surface area contributed by atoms with E-state index in [0.29, 0.717) is 22.6 Å². The third-order valence-electron chi connectivity index (χ3n) is 7.47. The normalized spacial score (nSPS) is 33.4. The SMILES string of the molecule is CC1(C)CC2CC(C)(CN2C(=O)C2=CSC(C3CCN(C(=O)OC(C)(C)C)CC3)C2)C1. The highest BCUT2D eigenvalue weighted by Crippen LogP contribution is 2.53. The Morgan fingerprint density at radius 2 is 1.81 bits per heavy atom. The van der Waals surface area contributed by atoms with Gasteiger partial charge in [-0.15, -0.1) is 11.8 Å². The van der Waals surface area contributed by atoms with E-state index in [-0.39, 0.29) is 17.4 Å². The highest BCUT2D eigenvalue weighted by molar-refractivity contribution is 8.03. The molecular formula is C25H40N2O3S. The van der Waals surface area contributed by atoms with Gasteiger partial charge < -0.3 is 14.5 Å². The number of carbonyl (C=O) groups is 2. The lowest BCUT2D eigenvalue weighted by Gasteiger charge is -2.39. The second-order valence-corrected chi connectivity index (χ2v) is 13.6. The lowest BCUT2D eigenvalue weighted by Crippen LogP contribution is -2.43. The maximum absolute atomic E-state index is 13.4. The first kappa shape index (κ1) is 23.0. The Kier molecular flexibility index (Phi) is 5.94. The fourth-order valence-corrected chi connectivity index (χ4v) is 7.87. The van der Waals surface area contributed by atoms with Crippen LogP contribution in [0.2, 0.25) is 0 Å². The highest BCUT2D eigenvalue weighted by Gasteiger charge is 2.51. The zero-order valence-corrected chi connectivity index (χ0v) is 21.0. The second kappa shape index (κ2) is 8.00. The lowest BCUT2D eigenvalue weighted by atomic mass is 9.65. The molecule has 0 N–H and O–H groups in total. The molecule has 1 saturated carbocycles. The molecule has 3 aliphatic heterocycles. The highest BCUT2D eigenvalue weighted by atomic mass is 32.2. The van der Waals surface area contributed by atoms with Crippen LogP contribution in [-0.4, -0.2) is 58.3 Å². The van der Waals surface area contributed by atoms with Crippen LogP contribution in [0.5, 0.6) is 0 Å². The second-order valence-electron chi connectivity index (χ2n) is 12.5. The van der Waals surface area contributed by atoms with E-state index in [0.717, 1.165) is 57.3 Å². The number of fused-ring (bicyclic) bond motifs is 2. The van der Waals surface area contributed by atoms with Crippen molar-refractivity contribution in [1.82, 2.24) is 9.80 Å². The average Bonchev–Trinajstić information content (AvgIpc) is 3.21. The van der Waals surface area contributed by atoms with Crippen molar-refractivity contribution in [1.29, 1.82) is 0 Å². The zero-order chi connectivity index (χ0) is 22.6. The number of hydrogen-bond donors (Lipinski definition) is 0. The number of likely N-dealkylation sites (tertiary alicyclic amines) is 2. The summed E-state index contributed by atoms with van der Waals surface area (Å²) in [6.07, 6.45) is 6.17. The molecule has 3 atom stereocenters. The van der Waals surface area contributed by atoms with Crippen molar-refractivity contribution in [2.45, 2.75) is 97.0 Å². The molecule has 0 aromatic heterocycles. The minimum atomic E-state index is -0.450. The maximum Gasteiger partial charge on any atom is 0.410 e. The molecule has 1 aliphatic carbocycles. The fraction of sp³-hybridized carbons (Fsp3) is 0.840. The fourth-order valence-electron chi connectivity index (χ4n) is 6.56. The number of nitrogens with zero attached hydrogens (tertiary/aromatic N) is 2. The van der Waals surface area contributed by atoms with Gasteiger partial charge in [-0.2, -0.15) is 0 Å². The molecule has 4 aliphatic rings. The number of amides is 2. The Hall–Kier alpha value is -1.17. The Labute approximate surface area is 192 Å². The molecule has 4 rings (SSSR count). The third-order valence-corrected chi connectivity index (χ3v) is 8.80. The van der Waals surface area contributed by atoms with Crippen LogP contribution in [0.4, 0.5) is 4.79 Å². The minimum Gasteiger partial charge on any atom is -0.444 e. The molecule has 0 spiro atoms. The molecule has 3 heterocycles. The summed E-state index contributed by atoms with van der Waals surface area (Å²) >= 11 is 1.84. The topological polar surface area (TPSA) is 49.9 Å². The van der Waals surface area contributed by atoms with Gasteiger partial charge in [-0.25, -0.2) is 4.79 Å². The quantitative estimate of drug-likeness (QED) is 0.564. The predicted octanol–water partition coefficient (Wildman–Crippen LogP) is 5.45. The summed E-state index contributed by atoms with van der Waals surface area (Å²) < 4.78 is 5.52. The molecule has 6 heteroatoms. The summed E-state index contributed by atoms with van der Waals surface area (Å²) in [5.41, 5.74) is 1.17. The van der Waals surface area contributed by atoms with E-state index in [9.17, 15) is 9.59 Å². The number of piperidine rings is 1. The van der Waals surface area contributed by atoms with Crippen LogP contribution in [-0.2, 0) is 9.53 Å². The first-order valence-electron chi connectivity index (χ1n) is 12.0. The first-order valence-corrected chi connectivity index (χ1v) is 12.9. The third kappa shape index (κ3) is 5.09. The molecule has 2 bridgehead atoms. The van der Waals surface area contributed by atoms with Gasteiger partial charge in [-0.3, -0.25) is 4.79 Å². The maximum atomic E-state index is 13.4. The van der Waals surface area contributed by atoms with Gasteiger partial charge in [0.2, 0.25) is 0 Å². The van der Waals surface area contributed by atoms with Gasteiger partial charge in [-0.05, 0) is 81.5 Å². The lowest BCUT2D eigenvalue weighted by molar-refractivity contribution is -0.128. The summed E-state index contributed by atoms with van der Waals surface area (Å²) in [6, 6.07) is 0.406. The van der Waals surface area contributed by atoms with Gasteiger partial charge in [0.05, 0.1) is 0 Å². The van der Waals surface area contributed by atoms with E-state index in [1.54, 1.807) is 0 Å². The number of thioether (sulfide) groups is 1. The molecule has 3 unspecified atom stereocenters. The van der Waals surface area contributed by atoms with Crippen LogP contribution in [0.25, 0.3) is 0 Å².